The summed E-state index contributed by atoms with van der Waals surface area (Å²) >= 11 is 0. The van der Waals surface area contributed by atoms with Gasteiger partial charge in [0.05, 0.1) is 12.2 Å². The van der Waals surface area contributed by atoms with Crippen LogP contribution in [0.4, 0.5) is 0 Å². The Bertz CT molecular complexity index is 117. The van der Waals surface area contributed by atoms with E-state index in [1.54, 1.807) is 0 Å². The minimum absolute atomic E-state index is 0.507. The SMILES string of the molecule is CC.CCCCC(CC)OC(CCC)CCC. The highest BCUT2D eigenvalue weighted by molar-refractivity contribution is 4.62. The van der Waals surface area contributed by atoms with Crippen LogP contribution >= 0.6 is 0 Å². The molecule has 0 amide bonds. The van der Waals surface area contributed by atoms with Gasteiger partial charge in [-0.3, -0.25) is 0 Å². The van der Waals surface area contributed by atoms with E-state index in [0.29, 0.717) is 12.2 Å². The molecule has 0 aliphatic heterocycles. The summed E-state index contributed by atoms with van der Waals surface area (Å²) in [7, 11) is 0. The molecule has 0 saturated heterocycles. The molecule has 17 heavy (non-hydrogen) atoms. The molecule has 0 N–H and O–H groups in total. The molecule has 0 aliphatic rings. The Morgan fingerprint density at radius 3 is 1.59 bits per heavy atom. The highest BCUT2D eigenvalue weighted by Crippen LogP contribution is 2.17. The summed E-state index contributed by atoms with van der Waals surface area (Å²) in [4.78, 5) is 0. The van der Waals surface area contributed by atoms with Crippen molar-refractivity contribution >= 4 is 0 Å². The van der Waals surface area contributed by atoms with Gasteiger partial charge in [0.1, 0.15) is 0 Å². The fourth-order valence-electron chi connectivity index (χ4n) is 2.00. The zero-order valence-corrected chi connectivity index (χ0v) is 13.2. The Kier molecular flexibility index (Phi) is 18.1. The normalized spacial score (nSPS) is 12.2. The van der Waals surface area contributed by atoms with Crippen molar-refractivity contribution in [3.8, 4) is 0 Å². The smallest absolute Gasteiger partial charge is 0.0578 e. The summed E-state index contributed by atoms with van der Waals surface area (Å²) in [5.74, 6) is 0. The van der Waals surface area contributed by atoms with Gasteiger partial charge in [-0.1, -0.05) is 67.2 Å². The molecule has 0 heterocycles. The maximum atomic E-state index is 6.18. The van der Waals surface area contributed by atoms with Gasteiger partial charge in [-0.25, -0.2) is 0 Å². The molecular formula is C16H36O. The van der Waals surface area contributed by atoms with E-state index in [1.165, 1.54) is 51.4 Å². The maximum Gasteiger partial charge on any atom is 0.0578 e. The molecule has 1 heteroatoms. The molecule has 106 valence electrons. The summed E-state index contributed by atoms with van der Waals surface area (Å²) in [5.41, 5.74) is 0. The fourth-order valence-corrected chi connectivity index (χ4v) is 2.00. The summed E-state index contributed by atoms with van der Waals surface area (Å²) in [6.07, 6.45) is 11.0. The zero-order chi connectivity index (χ0) is 13.5. The molecule has 1 atom stereocenters. The van der Waals surface area contributed by atoms with Crippen LogP contribution in [0, 0.1) is 0 Å². The predicted octanol–water partition coefficient (Wildman–Crippen LogP) is 5.97. The number of hydrogen-bond donors (Lipinski definition) is 0. The number of unbranched alkanes of at least 4 members (excludes halogenated alkanes) is 1. The first-order valence-corrected chi connectivity index (χ1v) is 7.93. The standard InChI is InChI=1S/C14H30O.C2H6/c1-5-9-12-13(8-4)15-14(10-6-2)11-7-3;1-2/h13-14H,5-12H2,1-4H3;1-2H3. The highest BCUT2D eigenvalue weighted by atomic mass is 16.5. The van der Waals surface area contributed by atoms with Gasteiger partial charge < -0.3 is 4.74 Å². The van der Waals surface area contributed by atoms with Crippen LogP contribution in [0.1, 0.15) is 92.9 Å². The predicted molar refractivity (Wildman–Crippen MR) is 79.6 cm³/mol. The van der Waals surface area contributed by atoms with E-state index in [2.05, 4.69) is 27.7 Å². The third-order valence-electron chi connectivity index (χ3n) is 2.94. The lowest BCUT2D eigenvalue weighted by atomic mass is 10.1. The topological polar surface area (TPSA) is 9.23 Å². The van der Waals surface area contributed by atoms with E-state index in [1.807, 2.05) is 13.8 Å². The molecule has 0 saturated carbocycles. The van der Waals surface area contributed by atoms with Gasteiger partial charge in [-0.2, -0.15) is 0 Å². The van der Waals surface area contributed by atoms with Crippen molar-refractivity contribution in [1.82, 2.24) is 0 Å². The van der Waals surface area contributed by atoms with Gasteiger partial charge >= 0.3 is 0 Å². The first-order chi connectivity index (χ1) is 8.28. The zero-order valence-electron chi connectivity index (χ0n) is 13.2. The number of ether oxygens (including phenoxy) is 1. The van der Waals surface area contributed by atoms with E-state index >= 15 is 0 Å². The Morgan fingerprint density at radius 2 is 1.24 bits per heavy atom. The van der Waals surface area contributed by atoms with Crippen LogP contribution in [0.15, 0.2) is 0 Å². The van der Waals surface area contributed by atoms with Crippen LogP contribution in [-0.4, -0.2) is 12.2 Å². The fraction of sp³-hybridized carbons (Fsp3) is 1.00. The molecule has 0 aromatic carbocycles. The summed E-state index contributed by atoms with van der Waals surface area (Å²) < 4.78 is 6.18. The Hall–Kier alpha value is -0.0400. The van der Waals surface area contributed by atoms with Crippen molar-refractivity contribution in [2.75, 3.05) is 0 Å². The summed E-state index contributed by atoms with van der Waals surface area (Å²) in [6, 6.07) is 0. The van der Waals surface area contributed by atoms with Crippen LogP contribution in [0.25, 0.3) is 0 Å². The van der Waals surface area contributed by atoms with Crippen LogP contribution in [0.5, 0.6) is 0 Å². The minimum atomic E-state index is 0.507. The monoisotopic (exact) mass is 244 g/mol. The van der Waals surface area contributed by atoms with Crippen molar-refractivity contribution in [1.29, 1.82) is 0 Å². The third kappa shape index (κ3) is 12.2. The quantitative estimate of drug-likeness (QED) is 0.460. The van der Waals surface area contributed by atoms with Crippen LogP contribution in [-0.2, 0) is 4.74 Å². The van der Waals surface area contributed by atoms with Crippen molar-refractivity contribution in [2.45, 2.75) is 105 Å². The molecule has 0 bridgehead atoms. The first-order valence-electron chi connectivity index (χ1n) is 7.93. The first kappa shape index (κ1) is 19.3. The Labute approximate surface area is 110 Å². The second kappa shape index (κ2) is 16.0. The molecule has 0 aromatic heterocycles. The molecule has 0 aliphatic carbocycles. The van der Waals surface area contributed by atoms with E-state index < -0.39 is 0 Å². The van der Waals surface area contributed by atoms with Gasteiger partial charge in [0.15, 0.2) is 0 Å². The van der Waals surface area contributed by atoms with E-state index in [0.717, 1.165) is 0 Å². The van der Waals surface area contributed by atoms with Crippen LogP contribution in [0.2, 0.25) is 0 Å². The van der Waals surface area contributed by atoms with Crippen molar-refractivity contribution < 1.29 is 4.74 Å². The van der Waals surface area contributed by atoms with Gasteiger partial charge in [-0.05, 0) is 25.7 Å². The number of hydrogen-bond acceptors (Lipinski definition) is 1. The van der Waals surface area contributed by atoms with Crippen molar-refractivity contribution in [3.05, 3.63) is 0 Å². The van der Waals surface area contributed by atoms with E-state index in [9.17, 15) is 0 Å². The Balaban J connectivity index is 0. The molecule has 0 fully saturated rings. The second-order valence-corrected chi connectivity index (χ2v) is 4.51. The second-order valence-electron chi connectivity index (χ2n) is 4.51. The summed E-state index contributed by atoms with van der Waals surface area (Å²) in [5, 5.41) is 0. The highest BCUT2D eigenvalue weighted by Gasteiger charge is 2.13. The minimum Gasteiger partial charge on any atom is -0.375 e. The number of rotatable bonds is 10. The lowest BCUT2D eigenvalue weighted by Crippen LogP contribution is -2.21. The van der Waals surface area contributed by atoms with Gasteiger partial charge in [0, 0.05) is 0 Å². The molecule has 0 aromatic rings. The molecular weight excluding hydrogens is 208 g/mol. The Morgan fingerprint density at radius 1 is 0.706 bits per heavy atom. The van der Waals surface area contributed by atoms with Gasteiger partial charge in [-0.15, -0.1) is 0 Å². The largest absolute Gasteiger partial charge is 0.375 e. The average Bonchev–Trinajstić information content (AvgIpc) is 2.37. The van der Waals surface area contributed by atoms with Crippen molar-refractivity contribution in [3.63, 3.8) is 0 Å². The maximum absolute atomic E-state index is 6.18. The van der Waals surface area contributed by atoms with Crippen LogP contribution in [0.3, 0.4) is 0 Å². The van der Waals surface area contributed by atoms with Crippen LogP contribution < -0.4 is 0 Å². The molecule has 0 rings (SSSR count). The van der Waals surface area contributed by atoms with E-state index in [-0.39, 0.29) is 0 Å². The molecule has 0 spiro atoms. The average molecular weight is 244 g/mol. The van der Waals surface area contributed by atoms with Crippen molar-refractivity contribution in [2.24, 2.45) is 0 Å². The van der Waals surface area contributed by atoms with Gasteiger partial charge in [0.2, 0.25) is 0 Å². The van der Waals surface area contributed by atoms with Gasteiger partial charge in [0.25, 0.3) is 0 Å². The lowest BCUT2D eigenvalue weighted by Gasteiger charge is -2.23. The molecule has 1 unspecified atom stereocenters. The van der Waals surface area contributed by atoms with E-state index in [4.69, 9.17) is 4.74 Å². The molecule has 0 radical (unpaired) electrons. The lowest BCUT2D eigenvalue weighted by molar-refractivity contribution is -0.0273. The summed E-state index contributed by atoms with van der Waals surface area (Å²) in [6.45, 7) is 13.0. The third-order valence-corrected chi connectivity index (χ3v) is 2.94. The molecule has 1 nitrogen and oxygen atoms in total.